The summed E-state index contributed by atoms with van der Waals surface area (Å²) in [6, 6.07) is 0. The molecule has 0 heteroatoms. The van der Waals surface area contributed by atoms with Crippen LogP contribution < -0.4 is 0 Å². The lowest BCUT2D eigenvalue weighted by Gasteiger charge is -2.39. The normalized spacial score (nSPS) is 44.8. The average molecular weight is 361 g/mol. The van der Waals surface area contributed by atoms with Crippen molar-refractivity contribution in [2.45, 2.75) is 118 Å². The molecule has 3 fully saturated rings. The van der Waals surface area contributed by atoms with Crippen molar-refractivity contribution in [2.24, 2.45) is 47.3 Å². The molecule has 0 amide bonds. The Hall–Kier alpha value is 0. The molecule has 0 saturated heterocycles. The van der Waals surface area contributed by atoms with E-state index < -0.39 is 0 Å². The number of hydrogen-bond donors (Lipinski definition) is 0. The van der Waals surface area contributed by atoms with E-state index in [-0.39, 0.29) is 0 Å². The lowest BCUT2D eigenvalue weighted by molar-refractivity contribution is 0.109. The summed E-state index contributed by atoms with van der Waals surface area (Å²) in [4.78, 5) is 0. The first kappa shape index (κ1) is 20.7. The van der Waals surface area contributed by atoms with Gasteiger partial charge in [0, 0.05) is 0 Å². The van der Waals surface area contributed by atoms with Crippen LogP contribution in [0.4, 0.5) is 0 Å². The molecular formula is C26H48. The fourth-order valence-electron chi connectivity index (χ4n) is 6.71. The molecule has 4 unspecified atom stereocenters. The zero-order valence-electron chi connectivity index (χ0n) is 18.5. The summed E-state index contributed by atoms with van der Waals surface area (Å²) in [6.45, 7) is 9.99. The minimum Gasteiger partial charge on any atom is -0.0625 e. The first-order valence-corrected chi connectivity index (χ1v) is 12.5. The van der Waals surface area contributed by atoms with E-state index >= 15 is 0 Å². The topological polar surface area (TPSA) is 0 Å². The summed E-state index contributed by atoms with van der Waals surface area (Å²) in [5.74, 6) is 8.17. The van der Waals surface area contributed by atoms with Crippen LogP contribution in [-0.2, 0) is 0 Å². The molecule has 0 bridgehead atoms. The van der Waals surface area contributed by atoms with Crippen LogP contribution in [0.15, 0.2) is 0 Å². The molecule has 26 heavy (non-hydrogen) atoms. The molecule has 3 aliphatic rings. The van der Waals surface area contributed by atoms with Gasteiger partial charge >= 0.3 is 0 Å². The summed E-state index contributed by atoms with van der Waals surface area (Å²) >= 11 is 0. The predicted octanol–water partition coefficient (Wildman–Crippen LogP) is 8.50. The van der Waals surface area contributed by atoms with Gasteiger partial charge in [0.05, 0.1) is 0 Å². The van der Waals surface area contributed by atoms with Gasteiger partial charge in [0.15, 0.2) is 0 Å². The van der Waals surface area contributed by atoms with Crippen LogP contribution in [0.25, 0.3) is 0 Å². The highest BCUT2D eigenvalue weighted by molar-refractivity contribution is 4.83. The minimum absolute atomic E-state index is 0.951. The zero-order chi connectivity index (χ0) is 18.5. The van der Waals surface area contributed by atoms with E-state index in [0.717, 1.165) is 47.3 Å². The molecule has 3 rings (SSSR count). The highest BCUT2D eigenvalue weighted by Crippen LogP contribution is 2.43. The maximum absolute atomic E-state index is 2.55. The second-order valence-electron chi connectivity index (χ2n) is 11.2. The Balaban J connectivity index is 1.29. The molecule has 3 aliphatic carbocycles. The molecule has 0 aliphatic heterocycles. The highest BCUT2D eigenvalue weighted by Gasteiger charge is 2.32. The van der Waals surface area contributed by atoms with Crippen molar-refractivity contribution in [3.05, 3.63) is 0 Å². The fraction of sp³-hybridized carbons (Fsp3) is 1.00. The molecule has 0 spiro atoms. The molecule has 0 aromatic rings. The molecule has 0 aromatic carbocycles. The molecule has 0 N–H and O–H groups in total. The monoisotopic (exact) mass is 360 g/mol. The SMILES string of the molecule is CC1CCC(CCC2CCC(CCC3CCC(C)C(C)C3C)CC2)CC1. The third-order valence-corrected chi connectivity index (χ3v) is 9.49. The van der Waals surface area contributed by atoms with Crippen LogP contribution in [0, 0.1) is 47.3 Å². The van der Waals surface area contributed by atoms with Gasteiger partial charge in [-0.15, -0.1) is 0 Å². The molecule has 0 nitrogen and oxygen atoms in total. The van der Waals surface area contributed by atoms with Crippen molar-refractivity contribution in [3.63, 3.8) is 0 Å². The summed E-state index contributed by atoms with van der Waals surface area (Å²) in [7, 11) is 0. The Kier molecular flexibility index (Phi) is 7.95. The van der Waals surface area contributed by atoms with E-state index in [0.29, 0.717) is 0 Å². The van der Waals surface area contributed by atoms with Crippen molar-refractivity contribution in [2.75, 3.05) is 0 Å². The minimum atomic E-state index is 0.951. The molecule has 0 aromatic heterocycles. The molecule has 152 valence electrons. The molecule has 4 atom stereocenters. The van der Waals surface area contributed by atoms with Crippen molar-refractivity contribution >= 4 is 0 Å². The standard InChI is InChI=1S/C26H48/c1-19-5-8-23(9-6-19)10-11-24-12-14-25(15-13-24)16-18-26-17-7-20(2)21(3)22(26)4/h19-26H,5-18H2,1-4H3. The highest BCUT2D eigenvalue weighted by atomic mass is 14.4. The Morgan fingerprint density at radius 2 is 0.923 bits per heavy atom. The number of hydrogen-bond acceptors (Lipinski definition) is 0. The van der Waals surface area contributed by atoms with Gasteiger partial charge in [-0.25, -0.2) is 0 Å². The van der Waals surface area contributed by atoms with Crippen molar-refractivity contribution in [3.8, 4) is 0 Å². The van der Waals surface area contributed by atoms with E-state index in [4.69, 9.17) is 0 Å². The van der Waals surface area contributed by atoms with Gasteiger partial charge in [0.25, 0.3) is 0 Å². The van der Waals surface area contributed by atoms with E-state index in [2.05, 4.69) is 27.7 Å². The van der Waals surface area contributed by atoms with Gasteiger partial charge in [-0.3, -0.25) is 0 Å². The van der Waals surface area contributed by atoms with E-state index in [1.54, 1.807) is 44.9 Å². The van der Waals surface area contributed by atoms with Gasteiger partial charge in [0.2, 0.25) is 0 Å². The predicted molar refractivity (Wildman–Crippen MR) is 115 cm³/mol. The molecule has 0 heterocycles. The zero-order valence-corrected chi connectivity index (χ0v) is 18.5. The number of rotatable bonds is 6. The van der Waals surface area contributed by atoms with Crippen LogP contribution in [0.5, 0.6) is 0 Å². The van der Waals surface area contributed by atoms with Gasteiger partial charge in [0.1, 0.15) is 0 Å². The Morgan fingerprint density at radius 3 is 1.46 bits per heavy atom. The van der Waals surface area contributed by atoms with Crippen molar-refractivity contribution in [1.82, 2.24) is 0 Å². The molecule has 3 saturated carbocycles. The Bertz CT molecular complexity index is 383. The fourth-order valence-corrected chi connectivity index (χ4v) is 6.71. The lowest BCUT2D eigenvalue weighted by atomic mass is 9.66. The first-order valence-electron chi connectivity index (χ1n) is 12.5. The van der Waals surface area contributed by atoms with Crippen LogP contribution >= 0.6 is 0 Å². The summed E-state index contributed by atoms with van der Waals surface area (Å²) in [6.07, 6.45) is 21.5. The third kappa shape index (κ3) is 5.75. The molecular weight excluding hydrogens is 312 g/mol. The largest absolute Gasteiger partial charge is 0.0625 e. The van der Waals surface area contributed by atoms with Gasteiger partial charge in [-0.05, 0) is 60.2 Å². The smallest absolute Gasteiger partial charge is 0.0386 e. The Morgan fingerprint density at radius 1 is 0.462 bits per heavy atom. The van der Waals surface area contributed by atoms with Gasteiger partial charge < -0.3 is 0 Å². The summed E-state index contributed by atoms with van der Waals surface area (Å²) in [5, 5.41) is 0. The van der Waals surface area contributed by atoms with E-state index in [1.807, 2.05) is 0 Å². The van der Waals surface area contributed by atoms with Crippen LogP contribution in [0.3, 0.4) is 0 Å². The quantitative estimate of drug-likeness (QED) is 0.445. The van der Waals surface area contributed by atoms with E-state index in [9.17, 15) is 0 Å². The lowest BCUT2D eigenvalue weighted by Crippen LogP contribution is -2.30. The van der Waals surface area contributed by atoms with E-state index in [1.165, 1.54) is 44.9 Å². The van der Waals surface area contributed by atoms with Crippen LogP contribution in [-0.4, -0.2) is 0 Å². The van der Waals surface area contributed by atoms with Crippen molar-refractivity contribution in [1.29, 1.82) is 0 Å². The first-order chi connectivity index (χ1) is 12.5. The van der Waals surface area contributed by atoms with Gasteiger partial charge in [-0.1, -0.05) is 105 Å². The Labute approximate surface area is 165 Å². The summed E-state index contributed by atoms with van der Waals surface area (Å²) in [5.41, 5.74) is 0. The maximum Gasteiger partial charge on any atom is -0.0386 e. The van der Waals surface area contributed by atoms with Crippen molar-refractivity contribution < 1.29 is 0 Å². The van der Waals surface area contributed by atoms with Gasteiger partial charge in [-0.2, -0.15) is 0 Å². The second-order valence-corrected chi connectivity index (χ2v) is 11.2. The third-order valence-electron chi connectivity index (χ3n) is 9.49. The second kappa shape index (κ2) is 9.97. The van der Waals surface area contributed by atoms with Crippen LogP contribution in [0.2, 0.25) is 0 Å². The molecule has 0 radical (unpaired) electrons. The average Bonchev–Trinajstić information content (AvgIpc) is 2.66. The van der Waals surface area contributed by atoms with Crippen LogP contribution in [0.1, 0.15) is 118 Å². The maximum atomic E-state index is 2.55. The summed E-state index contributed by atoms with van der Waals surface area (Å²) < 4.78 is 0.